The highest BCUT2D eigenvalue weighted by molar-refractivity contribution is 4.96. The minimum Gasteiger partial charge on any atom is -0.373 e. The first kappa shape index (κ1) is 30.8. The normalized spacial score (nSPS) is 13.5. The van der Waals surface area contributed by atoms with Gasteiger partial charge in [0.15, 0.2) is 5.79 Å². The van der Waals surface area contributed by atoms with Gasteiger partial charge in [-0.15, -0.1) is 6.58 Å². The number of methoxy groups -OCH3 is 1. The molecule has 0 radical (unpaired) electrons. The zero-order valence-corrected chi connectivity index (χ0v) is 21.1. The molecular weight excluding hydrogens is 360 g/mol. The highest BCUT2D eigenvalue weighted by atomic mass is 16.7. The molecule has 0 rings (SSSR count). The van der Waals surface area contributed by atoms with Crippen LogP contribution in [0, 0.1) is 0 Å². The SMILES string of the molecule is C=CCC.CCCCCCCCC(CCC)(OC)C(CC)(OCCC)OCCC. The number of hydrogen-bond acceptors (Lipinski definition) is 3. The highest BCUT2D eigenvalue weighted by Gasteiger charge is 2.52. The molecule has 0 bridgehead atoms. The summed E-state index contributed by atoms with van der Waals surface area (Å²) >= 11 is 0. The molecule has 1 atom stereocenters. The molecule has 29 heavy (non-hydrogen) atoms. The van der Waals surface area contributed by atoms with E-state index in [1.165, 1.54) is 38.5 Å². The van der Waals surface area contributed by atoms with Crippen LogP contribution in [0.4, 0.5) is 0 Å². The predicted molar refractivity (Wildman–Crippen MR) is 129 cm³/mol. The maximum atomic E-state index is 6.39. The second kappa shape index (κ2) is 20.9. The van der Waals surface area contributed by atoms with Gasteiger partial charge in [0.2, 0.25) is 0 Å². The Bertz CT molecular complexity index is 335. The van der Waals surface area contributed by atoms with Gasteiger partial charge < -0.3 is 14.2 Å². The van der Waals surface area contributed by atoms with Crippen molar-refractivity contribution in [3.8, 4) is 0 Å². The number of rotatable bonds is 19. The van der Waals surface area contributed by atoms with Crippen LogP contribution in [0.25, 0.3) is 0 Å². The fourth-order valence-electron chi connectivity index (χ4n) is 3.83. The third-order valence-electron chi connectivity index (χ3n) is 5.51. The van der Waals surface area contributed by atoms with Gasteiger partial charge in [-0.1, -0.05) is 92.6 Å². The van der Waals surface area contributed by atoms with Gasteiger partial charge in [0.1, 0.15) is 5.60 Å². The van der Waals surface area contributed by atoms with Crippen LogP contribution in [-0.2, 0) is 14.2 Å². The summed E-state index contributed by atoms with van der Waals surface area (Å²) in [5, 5.41) is 0. The lowest BCUT2D eigenvalue weighted by atomic mass is 9.81. The molecule has 0 heterocycles. The maximum Gasteiger partial charge on any atom is 0.197 e. The van der Waals surface area contributed by atoms with Gasteiger partial charge in [-0.25, -0.2) is 0 Å². The van der Waals surface area contributed by atoms with Crippen LogP contribution in [0.2, 0.25) is 0 Å². The van der Waals surface area contributed by atoms with E-state index < -0.39 is 5.79 Å². The lowest BCUT2D eigenvalue weighted by molar-refractivity contribution is -0.333. The first-order chi connectivity index (χ1) is 14.0. The third-order valence-corrected chi connectivity index (χ3v) is 5.51. The molecule has 0 aromatic rings. The molecule has 0 aromatic carbocycles. The molecule has 0 aliphatic carbocycles. The van der Waals surface area contributed by atoms with Crippen LogP contribution in [-0.4, -0.2) is 31.7 Å². The first-order valence-electron chi connectivity index (χ1n) is 12.5. The minimum atomic E-state index is -0.618. The Labute approximate surface area is 184 Å². The molecule has 3 heteroatoms. The van der Waals surface area contributed by atoms with Crippen molar-refractivity contribution >= 4 is 0 Å². The zero-order valence-electron chi connectivity index (χ0n) is 21.1. The van der Waals surface area contributed by atoms with Crippen molar-refractivity contribution in [2.24, 2.45) is 0 Å². The summed E-state index contributed by atoms with van der Waals surface area (Å²) in [5.41, 5.74) is -0.342. The van der Waals surface area contributed by atoms with Gasteiger partial charge in [0, 0.05) is 26.7 Å². The van der Waals surface area contributed by atoms with Crippen LogP contribution in [0.1, 0.15) is 125 Å². The quantitative estimate of drug-likeness (QED) is 0.120. The molecule has 0 saturated heterocycles. The monoisotopic (exact) mass is 414 g/mol. The summed E-state index contributed by atoms with van der Waals surface area (Å²) in [6.45, 7) is 18.0. The van der Waals surface area contributed by atoms with Crippen LogP contribution in [0.5, 0.6) is 0 Å². The Morgan fingerprint density at radius 2 is 1.21 bits per heavy atom. The molecule has 0 spiro atoms. The molecular formula is C26H54O3. The fourth-order valence-corrected chi connectivity index (χ4v) is 3.83. The van der Waals surface area contributed by atoms with E-state index >= 15 is 0 Å². The highest BCUT2D eigenvalue weighted by Crippen LogP contribution is 2.42. The topological polar surface area (TPSA) is 27.7 Å². The second-order valence-corrected chi connectivity index (χ2v) is 7.97. The van der Waals surface area contributed by atoms with Crippen LogP contribution in [0.3, 0.4) is 0 Å². The van der Waals surface area contributed by atoms with Crippen molar-refractivity contribution in [3.63, 3.8) is 0 Å². The van der Waals surface area contributed by atoms with E-state index in [4.69, 9.17) is 14.2 Å². The van der Waals surface area contributed by atoms with Crippen molar-refractivity contribution < 1.29 is 14.2 Å². The van der Waals surface area contributed by atoms with E-state index in [0.717, 1.165) is 58.2 Å². The molecule has 0 aliphatic rings. The van der Waals surface area contributed by atoms with E-state index in [-0.39, 0.29) is 5.60 Å². The Balaban J connectivity index is 0. The van der Waals surface area contributed by atoms with Gasteiger partial charge >= 0.3 is 0 Å². The van der Waals surface area contributed by atoms with Crippen LogP contribution < -0.4 is 0 Å². The minimum absolute atomic E-state index is 0.342. The van der Waals surface area contributed by atoms with Crippen molar-refractivity contribution in [1.82, 2.24) is 0 Å². The van der Waals surface area contributed by atoms with E-state index in [1.54, 1.807) is 0 Å². The van der Waals surface area contributed by atoms with Crippen LogP contribution >= 0.6 is 0 Å². The summed E-state index contributed by atoms with van der Waals surface area (Å²) < 4.78 is 19.0. The summed E-state index contributed by atoms with van der Waals surface area (Å²) in [7, 11) is 1.85. The molecule has 0 fully saturated rings. The van der Waals surface area contributed by atoms with Gasteiger partial charge in [-0.05, 0) is 32.1 Å². The van der Waals surface area contributed by atoms with E-state index in [0.29, 0.717) is 0 Å². The van der Waals surface area contributed by atoms with E-state index in [1.807, 2.05) is 13.2 Å². The third kappa shape index (κ3) is 12.2. The molecule has 0 aromatic heterocycles. The van der Waals surface area contributed by atoms with Crippen molar-refractivity contribution in [3.05, 3.63) is 12.7 Å². The average molecular weight is 415 g/mol. The average Bonchev–Trinajstić information content (AvgIpc) is 2.76. The summed E-state index contributed by atoms with van der Waals surface area (Å²) in [5.74, 6) is -0.618. The molecule has 1 unspecified atom stereocenters. The smallest absolute Gasteiger partial charge is 0.197 e. The van der Waals surface area contributed by atoms with Crippen molar-refractivity contribution in [1.29, 1.82) is 0 Å². The van der Waals surface area contributed by atoms with E-state index in [2.05, 4.69) is 48.1 Å². The molecule has 0 aliphatic heterocycles. The molecule has 0 amide bonds. The number of ether oxygens (including phenoxy) is 3. The summed E-state index contributed by atoms with van der Waals surface area (Å²) in [4.78, 5) is 0. The Kier molecular flexibility index (Phi) is 22.2. The van der Waals surface area contributed by atoms with E-state index in [9.17, 15) is 0 Å². The van der Waals surface area contributed by atoms with Gasteiger partial charge in [0.25, 0.3) is 0 Å². The Hall–Kier alpha value is -0.380. The predicted octanol–water partition coefficient (Wildman–Crippen LogP) is 8.46. The lowest BCUT2D eigenvalue weighted by Gasteiger charge is -2.49. The standard InChI is InChI=1S/C22H46O3.C4H8/c1-7-12-13-14-15-16-18-21(23-6,17-8-2)22(11-5,24-19-9-3)25-20-10-4;1-3-4-2/h7-20H2,1-6H3;3H,1,4H2,2H3. The van der Waals surface area contributed by atoms with Gasteiger partial charge in [-0.2, -0.15) is 0 Å². The van der Waals surface area contributed by atoms with Crippen molar-refractivity contribution in [2.45, 2.75) is 136 Å². The summed E-state index contributed by atoms with van der Waals surface area (Å²) in [6, 6.07) is 0. The van der Waals surface area contributed by atoms with Crippen LogP contribution in [0.15, 0.2) is 12.7 Å². The Morgan fingerprint density at radius 3 is 1.59 bits per heavy atom. The maximum absolute atomic E-state index is 6.39. The number of allylic oxidation sites excluding steroid dienone is 1. The number of hydrogen-bond donors (Lipinski definition) is 0. The fraction of sp³-hybridized carbons (Fsp3) is 0.923. The molecule has 176 valence electrons. The second-order valence-electron chi connectivity index (χ2n) is 7.97. The molecule has 0 saturated carbocycles. The Morgan fingerprint density at radius 1 is 0.690 bits per heavy atom. The van der Waals surface area contributed by atoms with Gasteiger partial charge in [-0.3, -0.25) is 0 Å². The molecule has 3 nitrogen and oxygen atoms in total. The largest absolute Gasteiger partial charge is 0.373 e. The zero-order chi connectivity index (χ0) is 22.4. The summed E-state index contributed by atoms with van der Waals surface area (Å²) in [6.07, 6.45) is 16.7. The van der Waals surface area contributed by atoms with Crippen molar-refractivity contribution in [2.75, 3.05) is 20.3 Å². The lowest BCUT2D eigenvalue weighted by Crippen LogP contribution is -2.59. The number of unbranched alkanes of at least 4 members (excludes halogenated alkanes) is 5. The first-order valence-corrected chi connectivity index (χ1v) is 12.5. The van der Waals surface area contributed by atoms with Gasteiger partial charge in [0.05, 0.1) is 0 Å². The molecule has 0 N–H and O–H groups in total.